The number of benzene rings is 1. The molecule has 0 bridgehead atoms. The van der Waals surface area contributed by atoms with Crippen molar-refractivity contribution >= 4 is 23.2 Å². The number of halogens is 2. The van der Waals surface area contributed by atoms with Gasteiger partial charge in [0.1, 0.15) is 0 Å². The minimum atomic E-state index is -0.252. The average Bonchev–Trinajstić information content (AvgIpc) is 2.70. The Hall–Kier alpha value is -0.200. The molecule has 0 nitrogen and oxygen atoms in total. The predicted octanol–water partition coefficient (Wildman–Crippen LogP) is 3.38. The highest BCUT2D eigenvalue weighted by atomic mass is 35.5. The molecule has 1 aliphatic rings. The van der Waals surface area contributed by atoms with Crippen molar-refractivity contribution in [2.24, 2.45) is 0 Å². The van der Waals surface area contributed by atoms with Crippen molar-refractivity contribution in [1.29, 1.82) is 0 Å². The Kier molecular flexibility index (Phi) is 1.62. The van der Waals surface area contributed by atoms with E-state index in [1.165, 1.54) is 0 Å². The third-order valence-corrected chi connectivity index (χ3v) is 2.73. The summed E-state index contributed by atoms with van der Waals surface area (Å²) < 4.78 is 0. The summed E-state index contributed by atoms with van der Waals surface area (Å²) in [5, 5.41) is 0.760. The summed E-state index contributed by atoms with van der Waals surface area (Å²) in [6, 6.07) is 7.71. The maximum atomic E-state index is 6.13. The minimum absolute atomic E-state index is 0.252. The SMILES string of the molecule is Clc1ccccc1C1(Cl)[CH]C1. The maximum Gasteiger partial charge on any atom is 0.0745 e. The Morgan fingerprint density at radius 2 is 1.91 bits per heavy atom. The molecule has 0 aromatic heterocycles. The van der Waals surface area contributed by atoms with E-state index < -0.39 is 0 Å². The molecular formula is C9H7Cl2. The zero-order valence-electron chi connectivity index (χ0n) is 5.85. The van der Waals surface area contributed by atoms with Crippen molar-refractivity contribution in [2.75, 3.05) is 0 Å². The molecule has 11 heavy (non-hydrogen) atoms. The van der Waals surface area contributed by atoms with E-state index in [0.29, 0.717) is 0 Å². The quantitative estimate of drug-likeness (QED) is 0.589. The van der Waals surface area contributed by atoms with Crippen molar-refractivity contribution in [3.63, 3.8) is 0 Å². The molecule has 2 heteroatoms. The molecule has 0 aliphatic heterocycles. The molecule has 57 valence electrons. The molecule has 1 aromatic carbocycles. The van der Waals surface area contributed by atoms with Crippen molar-refractivity contribution in [3.05, 3.63) is 41.3 Å². The van der Waals surface area contributed by atoms with E-state index in [9.17, 15) is 0 Å². The second-order valence-electron chi connectivity index (χ2n) is 2.75. The maximum absolute atomic E-state index is 6.13. The third-order valence-electron chi connectivity index (χ3n) is 1.88. The molecule has 1 atom stereocenters. The van der Waals surface area contributed by atoms with Crippen LogP contribution in [-0.4, -0.2) is 0 Å². The summed E-state index contributed by atoms with van der Waals surface area (Å²) in [7, 11) is 0. The van der Waals surface area contributed by atoms with E-state index in [4.69, 9.17) is 23.2 Å². The third kappa shape index (κ3) is 1.25. The van der Waals surface area contributed by atoms with Gasteiger partial charge in [-0.2, -0.15) is 0 Å². The van der Waals surface area contributed by atoms with Crippen molar-refractivity contribution < 1.29 is 0 Å². The van der Waals surface area contributed by atoms with E-state index in [0.717, 1.165) is 17.0 Å². The van der Waals surface area contributed by atoms with Gasteiger partial charge in [0.15, 0.2) is 0 Å². The van der Waals surface area contributed by atoms with Crippen LogP contribution in [0.3, 0.4) is 0 Å². The summed E-state index contributed by atoms with van der Waals surface area (Å²) in [5.41, 5.74) is 1.03. The van der Waals surface area contributed by atoms with Crippen LogP contribution in [0.5, 0.6) is 0 Å². The molecular weight excluding hydrogens is 179 g/mol. The van der Waals surface area contributed by atoms with Crippen LogP contribution < -0.4 is 0 Å². The highest BCUT2D eigenvalue weighted by Crippen LogP contribution is 2.52. The molecule has 1 aromatic rings. The lowest BCUT2D eigenvalue weighted by atomic mass is 10.1. The molecule has 0 spiro atoms. The normalized spacial score (nSPS) is 19.8. The van der Waals surface area contributed by atoms with Crippen LogP contribution in [0.4, 0.5) is 0 Å². The Bertz CT molecular complexity index is 277. The van der Waals surface area contributed by atoms with Gasteiger partial charge in [-0.1, -0.05) is 29.8 Å². The van der Waals surface area contributed by atoms with Crippen LogP contribution in [-0.2, 0) is 4.87 Å². The van der Waals surface area contributed by atoms with Crippen LogP contribution in [0.1, 0.15) is 12.0 Å². The largest absolute Gasteiger partial charge is 0.114 e. The average molecular weight is 186 g/mol. The Labute approximate surface area is 76.1 Å². The molecule has 2 rings (SSSR count). The van der Waals surface area contributed by atoms with Gasteiger partial charge in [-0.25, -0.2) is 0 Å². The molecule has 1 radical (unpaired) electrons. The first kappa shape index (κ1) is 7.45. The highest BCUT2D eigenvalue weighted by Gasteiger charge is 2.43. The molecule has 1 unspecified atom stereocenters. The fraction of sp³-hybridized carbons (Fsp3) is 0.222. The summed E-state index contributed by atoms with van der Waals surface area (Å²) in [6.07, 6.45) is 2.98. The molecule has 0 amide bonds. The van der Waals surface area contributed by atoms with Gasteiger partial charge in [-0.15, -0.1) is 11.6 Å². The molecule has 0 N–H and O–H groups in total. The van der Waals surface area contributed by atoms with Gasteiger partial charge in [0.25, 0.3) is 0 Å². The first-order valence-corrected chi connectivity index (χ1v) is 4.26. The van der Waals surface area contributed by atoms with E-state index in [1.807, 2.05) is 24.3 Å². The van der Waals surface area contributed by atoms with Gasteiger partial charge in [-0.3, -0.25) is 0 Å². The highest BCUT2D eigenvalue weighted by molar-refractivity contribution is 6.34. The van der Waals surface area contributed by atoms with Gasteiger partial charge in [0, 0.05) is 5.02 Å². The number of alkyl halides is 1. The summed E-state index contributed by atoms with van der Waals surface area (Å²) in [4.78, 5) is -0.252. The zero-order chi connectivity index (χ0) is 7.90. The van der Waals surface area contributed by atoms with Crippen LogP contribution in [0, 0.1) is 6.42 Å². The van der Waals surface area contributed by atoms with Crippen LogP contribution in [0.25, 0.3) is 0 Å². The standard InChI is InChI=1S/C9H7Cl2/c10-8-4-2-1-3-7(8)9(11)5-6-9/h1-5H,6H2. The zero-order valence-corrected chi connectivity index (χ0v) is 7.36. The molecule has 0 heterocycles. The fourth-order valence-electron chi connectivity index (χ4n) is 1.11. The number of hydrogen-bond acceptors (Lipinski definition) is 0. The minimum Gasteiger partial charge on any atom is -0.114 e. The van der Waals surface area contributed by atoms with Gasteiger partial charge in [0.2, 0.25) is 0 Å². The topological polar surface area (TPSA) is 0 Å². The Balaban J connectivity index is 2.45. The lowest BCUT2D eigenvalue weighted by molar-refractivity contribution is 1.05. The monoisotopic (exact) mass is 185 g/mol. The van der Waals surface area contributed by atoms with E-state index in [2.05, 4.69) is 6.42 Å². The van der Waals surface area contributed by atoms with Crippen molar-refractivity contribution in [1.82, 2.24) is 0 Å². The molecule has 1 aliphatic carbocycles. The number of rotatable bonds is 1. The van der Waals surface area contributed by atoms with Crippen molar-refractivity contribution in [3.8, 4) is 0 Å². The van der Waals surface area contributed by atoms with E-state index in [1.54, 1.807) is 0 Å². The van der Waals surface area contributed by atoms with E-state index >= 15 is 0 Å². The first-order valence-electron chi connectivity index (χ1n) is 3.51. The smallest absolute Gasteiger partial charge is 0.0745 e. The second kappa shape index (κ2) is 2.40. The number of hydrogen-bond donors (Lipinski definition) is 0. The fourth-order valence-corrected chi connectivity index (χ4v) is 1.70. The van der Waals surface area contributed by atoms with Crippen LogP contribution in [0.2, 0.25) is 5.02 Å². The summed E-state index contributed by atoms with van der Waals surface area (Å²) in [6.45, 7) is 0. The lowest BCUT2D eigenvalue weighted by Crippen LogP contribution is -1.95. The Morgan fingerprint density at radius 3 is 2.45 bits per heavy atom. The first-order chi connectivity index (χ1) is 5.22. The van der Waals surface area contributed by atoms with E-state index in [-0.39, 0.29) is 4.87 Å². The second-order valence-corrected chi connectivity index (χ2v) is 3.83. The Morgan fingerprint density at radius 1 is 1.27 bits per heavy atom. The summed E-state index contributed by atoms with van der Waals surface area (Å²) in [5.74, 6) is 0. The van der Waals surface area contributed by atoms with Gasteiger partial charge >= 0.3 is 0 Å². The van der Waals surface area contributed by atoms with Crippen LogP contribution in [0.15, 0.2) is 24.3 Å². The molecule has 0 saturated heterocycles. The molecule has 1 fully saturated rings. The lowest BCUT2D eigenvalue weighted by Gasteiger charge is -2.07. The van der Waals surface area contributed by atoms with Gasteiger partial charge in [0.05, 0.1) is 4.87 Å². The van der Waals surface area contributed by atoms with Gasteiger partial charge in [-0.05, 0) is 24.5 Å². The predicted molar refractivity (Wildman–Crippen MR) is 47.9 cm³/mol. The van der Waals surface area contributed by atoms with Crippen LogP contribution >= 0.6 is 23.2 Å². The summed E-state index contributed by atoms with van der Waals surface area (Å²) >= 11 is 12.1. The van der Waals surface area contributed by atoms with Crippen molar-refractivity contribution in [2.45, 2.75) is 11.3 Å². The molecule has 1 saturated carbocycles. The van der Waals surface area contributed by atoms with Gasteiger partial charge < -0.3 is 0 Å².